The van der Waals surface area contributed by atoms with Crippen LogP contribution in [0.5, 0.6) is 0 Å². The van der Waals surface area contributed by atoms with Gasteiger partial charge in [0.05, 0.1) is 28.5 Å². The summed E-state index contributed by atoms with van der Waals surface area (Å²) in [6.07, 6.45) is -0.0305. The van der Waals surface area contributed by atoms with Crippen molar-refractivity contribution in [2.45, 2.75) is 31.5 Å². The molecule has 2 N–H and O–H groups in total. The van der Waals surface area contributed by atoms with Gasteiger partial charge in [-0.25, -0.2) is 0 Å². The lowest BCUT2D eigenvalue weighted by Crippen LogP contribution is -2.34. The highest BCUT2D eigenvalue weighted by atomic mass is 15.3. The van der Waals surface area contributed by atoms with Crippen molar-refractivity contribution in [2.24, 2.45) is 0 Å². The lowest BCUT2D eigenvalue weighted by atomic mass is 9.82. The second-order valence-electron chi connectivity index (χ2n) is 11.1. The zero-order valence-electron chi connectivity index (χ0n) is 21.6. The zero-order chi connectivity index (χ0) is 25.4. The van der Waals surface area contributed by atoms with E-state index in [1.165, 1.54) is 49.6 Å². The smallest absolute Gasteiger partial charge is 0.129 e. The van der Waals surface area contributed by atoms with E-state index >= 15 is 0 Å². The molecule has 1 aliphatic heterocycles. The minimum atomic E-state index is -0.0505. The Morgan fingerprint density at radius 1 is 0.605 bits per heavy atom. The van der Waals surface area contributed by atoms with Gasteiger partial charge >= 0.3 is 0 Å². The summed E-state index contributed by atoms with van der Waals surface area (Å²) in [5.41, 5.74) is 11.5. The van der Waals surface area contributed by atoms with Gasteiger partial charge in [-0.05, 0) is 40.5 Å². The molecule has 6 aromatic rings. The minimum Gasteiger partial charge on any atom is -0.373 e. The molecule has 1 aliphatic carbocycles. The number of nitrogens with one attached hydrogen (secondary N) is 2. The molecule has 5 aromatic carbocycles. The Hall–Kier alpha value is -4.50. The van der Waals surface area contributed by atoms with E-state index in [-0.39, 0.29) is 17.6 Å². The van der Waals surface area contributed by atoms with Crippen LogP contribution in [0.25, 0.3) is 32.9 Å². The Balaban J connectivity index is 1.49. The third-order valence-corrected chi connectivity index (χ3v) is 8.71. The highest BCUT2D eigenvalue weighted by Crippen LogP contribution is 2.53. The highest BCUT2D eigenvalue weighted by molar-refractivity contribution is 6.14. The standard InChI is InChI=1S/C35H29N3/c1-35(2)26-16-8-6-15-25(26)31-27(35)21-20-24-23-14-7-11-19-30(23)38(33(24)31)34-32(22-12-4-3-5-13-22)36-28-17-9-10-18-29(28)37-34/h3-21,32,34,36-37H,1-2H3. The fraction of sp³-hybridized carbons (Fsp3) is 0.143. The molecule has 8 rings (SSSR count). The van der Waals surface area contributed by atoms with Crippen molar-refractivity contribution in [3.8, 4) is 11.1 Å². The summed E-state index contributed by atoms with van der Waals surface area (Å²) in [6, 6.07) is 42.0. The van der Waals surface area contributed by atoms with Gasteiger partial charge in [-0.3, -0.25) is 0 Å². The van der Waals surface area contributed by atoms with Gasteiger partial charge < -0.3 is 15.2 Å². The van der Waals surface area contributed by atoms with E-state index in [1.807, 2.05) is 0 Å². The third kappa shape index (κ3) is 2.84. The maximum Gasteiger partial charge on any atom is 0.129 e. The number of aromatic nitrogens is 1. The number of para-hydroxylation sites is 3. The van der Waals surface area contributed by atoms with Crippen molar-refractivity contribution in [3.05, 3.63) is 132 Å². The van der Waals surface area contributed by atoms with Crippen molar-refractivity contribution in [3.63, 3.8) is 0 Å². The number of rotatable bonds is 2. The Morgan fingerprint density at radius 3 is 2.13 bits per heavy atom. The van der Waals surface area contributed by atoms with E-state index in [2.05, 4.69) is 144 Å². The van der Waals surface area contributed by atoms with E-state index in [9.17, 15) is 0 Å². The van der Waals surface area contributed by atoms with Gasteiger partial charge in [0.15, 0.2) is 0 Å². The first kappa shape index (κ1) is 21.6. The van der Waals surface area contributed by atoms with Crippen LogP contribution in [0.4, 0.5) is 11.4 Å². The summed E-state index contributed by atoms with van der Waals surface area (Å²) in [7, 11) is 0. The summed E-state index contributed by atoms with van der Waals surface area (Å²) in [4.78, 5) is 0. The van der Waals surface area contributed by atoms with Crippen LogP contribution in [0.15, 0.2) is 115 Å². The monoisotopic (exact) mass is 491 g/mol. The molecule has 2 aliphatic rings. The van der Waals surface area contributed by atoms with Crippen molar-refractivity contribution in [1.29, 1.82) is 0 Å². The molecular weight excluding hydrogens is 462 g/mol. The number of benzene rings is 5. The van der Waals surface area contributed by atoms with Crippen LogP contribution >= 0.6 is 0 Å². The molecule has 3 nitrogen and oxygen atoms in total. The third-order valence-electron chi connectivity index (χ3n) is 8.71. The first-order valence-electron chi connectivity index (χ1n) is 13.5. The highest BCUT2D eigenvalue weighted by Gasteiger charge is 2.39. The van der Waals surface area contributed by atoms with E-state index < -0.39 is 0 Å². The quantitative estimate of drug-likeness (QED) is 0.253. The Bertz CT molecular complexity index is 1860. The van der Waals surface area contributed by atoms with E-state index in [1.54, 1.807) is 0 Å². The van der Waals surface area contributed by atoms with Crippen molar-refractivity contribution < 1.29 is 0 Å². The lowest BCUT2D eigenvalue weighted by Gasteiger charge is -2.38. The average molecular weight is 492 g/mol. The SMILES string of the molecule is CC1(C)c2ccccc2-c2c1ccc1c3ccccc3n(C3Nc4ccccc4NC3c3ccccc3)c21. The maximum atomic E-state index is 3.97. The molecule has 0 radical (unpaired) electrons. The molecular formula is C35H29N3. The first-order chi connectivity index (χ1) is 18.6. The summed E-state index contributed by atoms with van der Waals surface area (Å²) in [5, 5.41) is 10.5. The lowest BCUT2D eigenvalue weighted by molar-refractivity contribution is 0.506. The second kappa shape index (κ2) is 7.75. The van der Waals surface area contributed by atoms with Crippen LogP contribution in [0.2, 0.25) is 0 Å². The van der Waals surface area contributed by atoms with Crippen molar-refractivity contribution in [1.82, 2.24) is 4.57 Å². The topological polar surface area (TPSA) is 29.0 Å². The van der Waals surface area contributed by atoms with E-state index in [0.29, 0.717) is 0 Å². The van der Waals surface area contributed by atoms with Crippen LogP contribution in [0.1, 0.15) is 42.7 Å². The molecule has 0 spiro atoms. The fourth-order valence-corrected chi connectivity index (χ4v) is 6.93. The van der Waals surface area contributed by atoms with Crippen LogP contribution in [0, 0.1) is 0 Å². The molecule has 0 saturated heterocycles. The van der Waals surface area contributed by atoms with Crippen LogP contribution in [-0.2, 0) is 5.41 Å². The van der Waals surface area contributed by atoms with Gasteiger partial charge in [0.25, 0.3) is 0 Å². The van der Waals surface area contributed by atoms with Gasteiger partial charge in [-0.1, -0.05) is 111 Å². The minimum absolute atomic E-state index is 0.0305. The van der Waals surface area contributed by atoms with Gasteiger partial charge in [0.1, 0.15) is 6.17 Å². The van der Waals surface area contributed by atoms with Gasteiger partial charge in [0, 0.05) is 21.8 Å². The summed E-state index contributed by atoms with van der Waals surface area (Å²) < 4.78 is 2.57. The van der Waals surface area contributed by atoms with Gasteiger partial charge in [-0.15, -0.1) is 0 Å². The van der Waals surface area contributed by atoms with Crippen LogP contribution < -0.4 is 10.6 Å². The maximum absolute atomic E-state index is 3.97. The number of fused-ring (bicyclic) bond motifs is 8. The normalized spacial score (nSPS) is 18.9. The Morgan fingerprint density at radius 2 is 1.29 bits per heavy atom. The molecule has 2 heterocycles. The largest absolute Gasteiger partial charge is 0.373 e. The molecule has 2 atom stereocenters. The number of hydrogen-bond acceptors (Lipinski definition) is 2. The van der Waals surface area contributed by atoms with Crippen molar-refractivity contribution >= 4 is 33.2 Å². The molecule has 0 fully saturated rings. The second-order valence-corrected chi connectivity index (χ2v) is 11.1. The predicted octanol–water partition coefficient (Wildman–Crippen LogP) is 8.88. The summed E-state index contributed by atoms with van der Waals surface area (Å²) in [6.45, 7) is 4.72. The molecule has 1 aromatic heterocycles. The van der Waals surface area contributed by atoms with Crippen LogP contribution in [-0.4, -0.2) is 4.57 Å². The molecule has 184 valence electrons. The Kier molecular flexibility index (Phi) is 4.40. The van der Waals surface area contributed by atoms with E-state index in [4.69, 9.17) is 0 Å². The molecule has 2 unspecified atom stereocenters. The summed E-state index contributed by atoms with van der Waals surface area (Å²) >= 11 is 0. The number of anilines is 2. The molecule has 0 bridgehead atoms. The predicted molar refractivity (Wildman–Crippen MR) is 159 cm³/mol. The van der Waals surface area contributed by atoms with Gasteiger partial charge in [0.2, 0.25) is 0 Å². The Labute approximate surface area is 222 Å². The fourth-order valence-electron chi connectivity index (χ4n) is 6.93. The average Bonchev–Trinajstić information content (AvgIpc) is 3.42. The van der Waals surface area contributed by atoms with Crippen molar-refractivity contribution in [2.75, 3.05) is 10.6 Å². The first-order valence-corrected chi connectivity index (χ1v) is 13.5. The van der Waals surface area contributed by atoms with Gasteiger partial charge in [-0.2, -0.15) is 0 Å². The number of nitrogens with zero attached hydrogens (tertiary/aromatic N) is 1. The summed E-state index contributed by atoms with van der Waals surface area (Å²) in [5.74, 6) is 0. The number of hydrogen-bond donors (Lipinski definition) is 2. The van der Waals surface area contributed by atoms with Crippen LogP contribution in [0.3, 0.4) is 0 Å². The molecule has 38 heavy (non-hydrogen) atoms. The van der Waals surface area contributed by atoms with E-state index in [0.717, 1.165) is 11.4 Å². The molecule has 0 amide bonds. The molecule has 0 saturated carbocycles. The zero-order valence-corrected chi connectivity index (χ0v) is 21.6. The molecule has 3 heteroatoms.